The number of quaternary nitrogens is 1. The van der Waals surface area contributed by atoms with Gasteiger partial charge in [0.25, 0.3) is 7.82 Å². The second-order valence-corrected chi connectivity index (χ2v) is 22.7. The lowest BCUT2D eigenvalue weighted by Crippen LogP contribution is -2.45. The summed E-state index contributed by atoms with van der Waals surface area (Å²) in [5, 5.41) is 13.8. The molecule has 3 atom stereocenters. The number of rotatable bonds is 54. The second-order valence-electron chi connectivity index (χ2n) is 21.3. The third kappa shape index (κ3) is 59.8. The van der Waals surface area contributed by atoms with Crippen molar-refractivity contribution in [2.45, 2.75) is 231 Å². The van der Waals surface area contributed by atoms with E-state index in [0.717, 1.165) is 128 Å². The Hall–Kier alpha value is -3.88. The number of phosphoric ester groups is 1. The highest BCUT2D eigenvalue weighted by molar-refractivity contribution is 7.45. The summed E-state index contributed by atoms with van der Waals surface area (Å²) in [4.78, 5) is 25.5. The van der Waals surface area contributed by atoms with Crippen LogP contribution in [0.1, 0.15) is 219 Å². The molecule has 0 rings (SSSR count). The molecule has 0 radical (unpaired) electrons. The molecule has 0 aliphatic heterocycles. The van der Waals surface area contributed by atoms with Crippen molar-refractivity contribution in [2.24, 2.45) is 0 Å². The molecule has 0 bridgehead atoms. The van der Waals surface area contributed by atoms with E-state index in [2.05, 4.69) is 165 Å². The fourth-order valence-electron chi connectivity index (χ4n) is 7.92. The van der Waals surface area contributed by atoms with E-state index in [9.17, 15) is 19.4 Å². The molecule has 0 aromatic carbocycles. The Morgan fingerprint density at radius 2 is 0.795 bits per heavy atom. The maximum Gasteiger partial charge on any atom is 0.268 e. The van der Waals surface area contributed by atoms with Crippen molar-refractivity contribution in [3.8, 4) is 0 Å². The first-order valence-electron chi connectivity index (χ1n) is 30.8. The highest BCUT2D eigenvalue weighted by atomic mass is 31.2. The molecule has 442 valence electrons. The molecule has 78 heavy (non-hydrogen) atoms. The first kappa shape index (κ1) is 74.1. The Morgan fingerprint density at radius 3 is 1.19 bits per heavy atom. The summed E-state index contributed by atoms with van der Waals surface area (Å²) in [6.07, 6.45) is 90.5. The molecule has 0 saturated heterocycles. The van der Waals surface area contributed by atoms with E-state index in [4.69, 9.17) is 9.05 Å². The molecule has 0 aliphatic rings. The lowest BCUT2D eigenvalue weighted by atomic mass is 10.0. The van der Waals surface area contributed by atoms with E-state index >= 15 is 0 Å². The van der Waals surface area contributed by atoms with Gasteiger partial charge in [0.1, 0.15) is 13.2 Å². The van der Waals surface area contributed by atoms with Crippen molar-refractivity contribution < 1.29 is 32.9 Å². The Balaban J connectivity index is 4.14. The maximum atomic E-state index is 13.0. The lowest BCUT2D eigenvalue weighted by Gasteiger charge is -2.29. The van der Waals surface area contributed by atoms with E-state index < -0.39 is 26.6 Å². The summed E-state index contributed by atoms with van der Waals surface area (Å²) in [6.45, 7) is 4.46. The number of aliphatic hydroxyl groups excluding tert-OH is 1. The minimum Gasteiger partial charge on any atom is -0.756 e. The van der Waals surface area contributed by atoms with E-state index in [1.54, 1.807) is 6.08 Å². The molecule has 0 spiro atoms. The molecule has 0 saturated carbocycles. The number of allylic oxidation sites excluding steroid dienone is 25. The highest BCUT2D eigenvalue weighted by Crippen LogP contribution is 2.38. The van der Waals surface area contributed by atoms with Gasteiger partial charge in [0.05, 0.1) is 39.9 Å². The zero-order valence-corrected chi connectivity index (χ0v) is 51.2. The molecule has 9 heteroatoms. The van der Waals surface area contributed by atoms with Crippen LogP contribution in [0.15, 0.2) is 158 Å². The van der Waals surface area contributed by atoms with Gasteiger partial charge >= 0.3 is 0 Å². The molecule has 0 heterocycles. The van der Waals surface area contributed by atoms with Crippen LogP contribution >= 0.6 is 7.82 Å². The normalized spacial score (nSPS) is 14.9. The van der Waals surface area contributed by atoms with E-state index in [-0.39, 0.29) is 12.5 Å². The number of phosphoric acid groups is 1. The van der Waals surface area contributed by atoms with Crippen LogP contribution in [0, 0.1) is 0 Å². The Labute approximate surface area is 480 Å². The van der Waals surface area contributed by atoms with Crippen LogP contribution in [0.5, 0.6) is 0 Å². The van der Waals surface area contributed by atoms with Gasteiger partial charge in [-0.2, -0.15) is 0 Å². The number of hydrogen-bond donors (Lipinski definition) is 2. The smallest absolute Gasteiger partial charge is 0.268 e. The first-order valence-corrected chi connectivity index (χ1v) is 32.3. The molecular formula is C69H115N2O6P. The van der Waals surface area contributed by atoms with Gasteiger partial charge in [0, 0.05) is 6.42 Å². The van der Waals surface area contributed by atoms with Gasteiger partial charge in [0.2, 0.25) is 5.91 Å². The summed E-state index contributed by atoms with van der Waals surface area (Å²) < 4.78 is 23.3. The molecular weight excluding hydrogens is 984 g/mol. The Morgan fingerprint density at radius 1 is 0.462 bits per heavy atom. The zero-order valence-electron chi connectivity index (χ0n) is 50.3. The fraction of sp³-hybridized carbons (Fsp3) is 0.609. The van der Waals surface area contributed by atoms with Gasteiger partial charge < -0.3 is 28.8 Å². The predicted octanol–water partition coefficient (Wildman–Crippen LogP) is 18.8. The lowest BCUT2D eigenvalue weighted by molar-refractivity contribution is -0.870. The summed E-state index contributed by atoms with van der Waals surface area (Å²) in [5.41, 5.74) is 0. The van der Waals surface area contributed by atoms with Crippen molar-refractivity contribution in [2.75, 3.05) is 40.9 Å². The van der Waals surface area contributed by atoms with E-state index in [1.807, 2.05) is 27.2 Å². The largest absolute Gasteiger partial charge is 0.756 e. The highest BCUT2D eigenvalue weighted by Gasteiger charge is 2.23. The van der Waals surface area contributed by atoms with Gasteiger partial charge in [-0.05, 0) is 122 Å². The molecule has 0 aromatic heterocycles. The van der Waals surface area contributed by atoms with E-state index in [1.165, 1.54) is 70.6 Å². The van der Waals surface area contributed by atoms with Crippen molar-refractivity contribution >= 4 is 13.7 Å². The average Bonchev–Trinajstić information content (AvgIpc) is 3.41. The number of nitrogens with zero attached hydrogens (tertiary/aromatic N) is 1. The number of likely N-dealkylation sites (N-methyl/N-ethyl adjacent to an activating group) is 1. The van der Waals surface area contributed by atoms with Crippen molar-refractivity contribution in [3.05, 3.63) is 158 Å². The Kier molecular flexibility index (Phi) is 54.9. The van der Waals surface area contributed by atoms with E-state index in [0.29, 0.717) is 17.4 Å². The molecule has 3 unspecified atom stereocenters. The summed E-state index contributed by atoms with van der Waals surface area (Å²) in [7, 11) is 1.21. The van der Waals surface area contributed by atoms with Crippen molar-refractivity contribution in [1.82, 2.24) is 5.32 Å². The van der Waals surface area contributed by atoms with Crippen LogP contribution in [0.25, 0.3) is 0 Å². The van der Waals surface area contributed by atoms with Gasteiger partial charge in [-0.25, -0.2) is 0 Å². The van der Waals surface area contributed by atoms with Crippen LogP contribution in [0.3, 0.4) is 0 Å². The van der Waals surface area contributed by atoms with Gasteiger partial charge in [0.15, 0.2) is 0 Å². The van der Waals surface area contributed by atoms with Crippen molar-refractivity contribution in [1.29, 1.82) is 0 Å². The topological polar surface area (TPSA) is 108 Å². The zero-order chi connectivity index (χ0) is 57.0. The monoisotopic (exact) mass is 1100 g/mol. The third-order valence-electron chi connectivity index (χ3n) is 12.7. The third-order valence-corrected chi connectivity index (χ3v) is 13.7. The first-order chi connectivity index (χ1) is 38.0. The number of carbonyl (C=O) groups excluding carboxylic acids is 1. The molecule has 0 aromatic rings. The van der Waals surface area contributed by atoms with Crippen LogP contribution in [-0.2, 0) is 18.4 Å². The van der Waals surface area contributed by atoms with Gasteiger partial charge in [-0.3, -0.25) is 9.36 Å². The minimum absolute atomic E-state index is 0.0174. The molecule has 8 nitrogen and oxygen atoms in total. The van der Waals surface area contributed by atoms with Crippen LogP contribution in [0.4, 0.5) is 0 Å². The number of aliphatic hydroxyl groups is 1. The van der Waals surface area contributed by atoms with Crippen LogP contribution in [0.2, 0.25) is 0 Å². The molecule has 0 fully saturated rings. The number of carbonyl (C=O) groups is 1. The quantitative estimate of drug-likeness (QED) is 0.0272. The Bertz CT molecular complexity index is 1820. The molecule has 0 aliphatic carbocycles. The van der Waals surface area contributed by atoms with Gasteiger partial charge in [-0.15, -0.1) is 0 Å². The fourth-order valence-corrected chi connectivity index (χ4v) is 8.64. The number of unbranched alkanes of at least 4 members (excludes halogenated alkanes) is 17. The van der Waals surface area contributed by atoms with Crippen molar-refractivity contribution in [3.63, 3.8) is 0 Å². The summed E-state index contributed by atoms with van der Waals surface area (Å²) >= 11 is 0. The SMILES string of the molecule is CC/C=C\C/C=C\C/C=C\C/C=C\C/C=C\C/C=C\C/C=C\C/C=C\C/C=C\C/C=C\CCCCCCCCCCCCC(=O)NC(COP(=O)([O-])OCC[N+](C)(C)C)C(O)/C=C/CC/C=C/CC/C=C/CCCCCCC. The number of nitrogens with one attached hydrogen (secondary N) is 1. The van der Waals surface area contributed by atoms with Gasteiger partial charge in [-0.1, -0.05) is 249 Å². The maximum absolute atomic E-state index is 13.0. The summed E-state index contributed by atoms with van der Waals surface area (Å²) in [6, 6.07) is -0.923. The standard InChI is InChI=1S/C69H115N2O6P/c1-6-8-10-12-14-16-18-20-22-23-24-25-26-27-28-29-30-31-32-33-34-35-36-37-38-39-40-41-42-43-44-45-46-47-49-51-53-55-57-59-61-63-69(73)70-67(66-77-78(74,75)76-65-64-71(3,4)5)68(72)62-60-58-56-54-52-50-48-21-19-17-15-13-11-9-7-2/h8,10,14,16,19-22,24-25,27-28,30-31,33-34,36-37,39-40,42-43,52,54,60,62,67-68,72H,6-7,9,11-13,15,17-18,23,26,29,32,35,38,41,44-51,53,55-59,61,63-66H2,1-5H3,(H-,70,73,74,75)/b10-8-,16-14-,21-19+,22-20-,25-24-,28-27-,31-30-,34-33-,37-36-,40-39-,43-42-,54-52+,62-60+. The molecule has 2 N–H and O–H groups in total. The number of amides is 1. The number of hydrogen-bond acceptors (Lipinski definition) is 6. The summed E-state index contributed by atoms with van der Waals surface area (Å²) in [5.74, 6) is -0.223. The average molecular weight is 1100 g/mol. The second kappa shape index (κ2) is 57.8. The van der Waals surface area contributed by atoms with Crippen LogP contribution < -0.4 is 10.2 Å². The van der Waals surface area contributed by atoms with Crippen LogP contribution in [-0.4, -0.2) is 68.5 Å². The minimum atomic E-state index is -4.62. The molecule has 1 amide bonds. The predicted molar refractivity (Wildman–Crippen MR) is 338 cm³/mol.